The number of aryl methyl sites for hydroxylation is 1. The first-order valence-corrected chi connectivity index (χ1v) is 8.92. The molecule has 0 spiro atoms. The van der Waals surface area contributed by atoms with Crippen molar-refractivity contribution >= 4 is 17.4 Å². The number of ether oxygens (including phenoxy) is 1. The average molecular weight is 366 g/mol. The molecule has 0 aliphatic carbocycles. The van der Waals surface area contributed by atoms with Gasteiger partial charge in [-0.15, -0.1) is 0 Å². The molecular weight excluding hydrogens is 344 g/mol. The molecule has 1 amide bonds. The molecule has 8 heteroatoms. The summed E-state index contributed by atoms with van der Waals surface area (Å²) < 4.78 is 7.81. The van der Waals surface area contributed by atoms with Crippen LogP contribution in [0.5, 0.6) is 5.88 Å². The molecule has 4 rings (SSSR count). The lowest BCUT2D eigenvalue weighted by Crippen LogP contribution is -2.32. The van der Waals surface area contributed by atoms with Crippen LogP contribution in [-0.4, -0.2) is 63.4 Å². The molecule has 27 heavy (non-hydrogen) atoms. The third-order valence-corrected chi connectivity index (χ3v) is 4.68. The predicted octanol–water partition coefficient (Wildman–Crippen LogP) is 1.79. The molecule has 4 heterocycles. The molecule has 0 unspecified atom stereocenters. The molecule has 0 aromatic carbocycles. The number of amides is 1. The first kappa shape index (κ1) is 17.3. The van der Waals surface area contributed by atoms with Gasteiger partial charge in [0, 0.05) is 33.3 Å². The minimum atomic E-state index is -0.0971. The van der Waals surface area contributed by atoms with Gasteiger partial charge in [0.1, 0.15) is 17.4 Å². The molecule has 1 aliphatic heterocycles. The second-order valence-electron chi connectivity index (χ2n) is 6.86. The third-order valence-electron chi connectivity index (χ3n) is 4.68. The number of hydrogen-bond donors (Lipinski definition) is 0. The Morgan fingerprint density at radius 3 is 2.93 bits per heavy atom. The van der Waals surface area contributed by atoms with Gasteiger partial charge in [-0.25, -0.2) is 4.98 Å². The van der Waals surface area contributed by atoms with Crippen LogP contribution in [-0.2, 0) is 0 Å². The number of rotatable bonds is 4. The van der Waals surface area contributed by atoms with Gasteiger partial charge in [0.05, 0.1) is 24.6 Å². The van der Waals surface area contributed by atoms with E-state index in [1.54, 1.807) is 12.4 Å². The van der Waals surface area contributed by atoms with Crippen molar-refractivity contribution in [2.45, 2.75) is 19.4 Å². The van der Waals surface area contributed by atoms with Gasteiger partial charge >= 0.3 is 0 Å². The Hall–Kier alpha value is -3.16. The van der Waals surface area contributed by atoms with Crippen LogP contribution in [0.1, 0.15) is 22.6 Å². The summed E-state index contributed by atoms with van der Waals surface area (Å²) in [7, 11) is 3.81. The largest absolute Gasteiger partial charge is 0.471 e. The van der Waals surface area contributed by atoms with E-state index in [1.807, 2.05) is 59.6 Å². The van der Waals surface area contributed by atoms with Crippen molar-refractivity contribution in [3.63, 3.8) is 0 Å². The topological polar surface area (TPSA) is 75.9 Å². The lowest BCUT2D eigenvalue weighted by Gasteiger charge is -2.18. The minimum absolute atomic E-state index is 0.0228. The fraction of sp³-hybridized carbons (Fsp3) is 0.368. The number of imidazole rings is 1. The van der Waals surface area contributed by atoms with Crippen LogP contribution in [0.2, 0.25) is 0 Å². The van der Waals surface area contributed by atoms with Crippen LogP contribution in [0, 0.1) is 6.92 Å². The van der Waals surface area contributed by atoms with Gasteiger partial charge in [0.2, 0.25) is 5.88 Å². The number of aromatic nitrogens is 4. The van der Waals surface area contributed by atoms with Gasteiger partial charge in [-0.2, -0.15) is 4.98 Å². The van der Waals surface area contributed by atoms with Gasteiger partial charge in [-0.3, -0.25) is 14.2 Å². The van der Waals surface area contributed by atoms with Crippen molar-refractivity contribution in [3.05, 3.63) is 48.2 Å². The second kappa shape index (κ2) is 6.86. The molecule has 0 bridgehead atoms. The zero-order valence-electron chi connectivity index (χ0n) is 15.7. The molecule has 3 aromatic heterocycles. The molecule has 3 aromatic rings. The van der Waals surface area contributed by atoms with Crippen LogP contribution >= 0.6 is 0 Å². The van der Waals surface area contributed by atoms with Crippen molar-refractivity contribution in [2.75, 3.05) is 32.1 Å². The number of nitrogens with zero attached hydrogens (tertiary/aromatic N) is 6. The van der Waals surface area contributed by atoms with E-state index in [2.05, 4.69) is 15.0 Å². The number of fused-ring (bicyclic) bond motifs is 1. The smallest absolute Gasteiger partial charge is 0.272 e. The molecule has 1 fully saturated rings. The summed E-state index contributed by atoms with van der Waals surface area (Å²) in [4.78, 5) is 29.8. The number of carbonyl (C=O) groups excluding carboxylic acids is 1. The maximum absolute atomic E-state index is 13.1. The van der Waals surface area contributed by atoms with Crippen molar-refractivity contribution < 1.29 is 9.53 Å². The summed E-state index contributed by atoms with van der Waals surface area (Å²) in [6.45, 7) is 3.03. The Kier molecular flexibility index (Phi) is 4.39. The Morgan fingerprint density at radius 2 is 2.11 bits per heavy atom. The molecule has 8 nitrogen and oxygen atoms in total. The number of hydrogen-bond acceptors (Lipinski definition) is 6. The highest BCUT2D eigenvalue weighted by Gasteiger charge is 2.31. The maximum atomic E-state index is 13.1. The standard InChI is InChI=1S/C19H22N6O2/c1-13-18(25-8-5-4-6-15(25)21-13)19(26)24-9-7-14(12-24)27-17-11-20-10-16(22-17)23(2)3/h4-6,8,10-11,14H,7,9,12H2,1-3H3/t14-/m1/s1. The summed E-state index contributed by atoms with van der Waals surface area (Å²) in [6.07, 6.45) is 5.82. The van der Waals surface area contributed by atoms with Crippen molar-refractivity contribution in [3.8, 4) is 5.88 Å². The summed E-state index contributed by atoms with van der Waals surface area (Å²) in [5, 5.41) is 0. The predicted molar refractivity (Wildman–Crippen MR) is 101 cm³/mol. The van der Waals surface area contributed by atoms with E-state index in [0.717, 1.165) is 23.6 Å². The fourth-order valence-electron chi connectivity index (χ4n) is 3.31. The van der Waals surface area contributed by atoms with Crippen molar-refractivity contribution in [2.24, 2.45) is 0 Å². The van der Waals surface area contributed by atoms with E-state index in [0.29, 0.717) is 24.7 Å². The molecule has 1 aliphatic rings. The Morgan fingerprint density at radius 1 is 1.26 bits per heavy atom. The number of carbonyl (C=O) groups is 1. The number of pyridine rings is 1. The second-order valence-corrected chi connectivity index (χ2v) is 6.86. The lowest BCUT2D eigenvalue weighted by atomic mass is 10.3. The Labute approximate surface area is 157 Å². The van der Waals surface area contributed by atoms with E-state index < -0.39 is 0 Å². The minimum Gasteiger partial charge on any atom is -0.471 e. The van der Waals surface area contributed by atoms with Gasteiger partial charge in [0.25, 0.3) is 5.91 Å². The monoisotopic (exact) mass is 366 g/mol. The van der Waals surface area contributed by atoms with Gasteiger partial charge in [0.15, 0.2) is 5.82 Å². The average Bonchev–Trinajstić information content (AvgIpc) is 3.25. The van der Waals surface area contributed by atoms with Gasteiger partial charge in [-0.05, 0) is 19.1 Å². The highest BCUT2D eigenvalue weighted by atomic mass is 16.5. The maximum Gasteiger partial charge on any atom is 0.272 e. The zero-order valence-corrected chi connectivity index (χ0v) is 15.7. The van der Waals surface area contributed by atoms with Gasteiger partial charge in [-0.1, -0.05) is 6.07 Å². The third kappa shape index (κ3) is 3.30. The summed E-state index contributed by atoms with van der Waals surface area (Å²) in [5.41, 5.74) is 2.13. The van der Waals surface area contributed by atoms with Crippen LogP contribution in [0.4, 0.5) is 5.82 Å². The SMILES string of the molecule is Cc1nc2ccccn2c1C(=O)N1CC[C@@H](Oc2cncc(N(C)C)n2)C1. The first-order chi connectivity index (χ1) is 13.0. The zero-order chi connectivity index (χ0) is 19.0. The van der Waals surface area contributed by atoms with E-state index in [9.17, 15) is 4.79 Å². The summed E-state index contributed by atoms with van der Waals surface area (Å²) in [5.74, 6) is 1.19. The van der Waals surface area contributed by atoms with E-state index >= 15 is 0 Å². The Bertz CT molecular complexity index is 983. The molecule has 1 saturated heterocycles. The summed E-state index contributed by atoms with van der Waals surface area (Å²) in [6, 6.07) is 5.71. The van der Waals surface area contributed by atoms with Crippen molar-refractivity contribution in [1.82, 2.24) is 24.3 Å². The fourth-order valence-corrected chi connectivity index (χ4v) is 3.31. The van der Waals surface area contributed by atoms with E-state index in [1.165, 1.54) is 0 Å². The molecule has 0 saturated carbocycles. The quantitative estimate of drug-likeness (QED) is 0.701. The lowest BCUT2D eigenvalue weighted by molar-refractivity contribution is 0.0763. The molecular formula is C19H22N6O2. The van der Waals surface area contributed by atoms with Crippen LogP contribution < -0.4 is 9.64 Å². The normalized spacial score (nSPS) is 16.7. The van der Waals surface area contributed by atoms with E-state index in [-0.39, 0.29) is 12.0 Å². The Balaban J connectivity index is 1.48. The summed E-state index contributed by atoms with van der Waals surface area (Å²) >= 11 is 0. The first-order valence-electron chi connectivity index (χ1n) is 8.92. The van der Waals surface area contributed by atoms with E-state index in [4.69, 9.17) is 4.74 Å². The molecule has 0 radical (unpaired) electrons. The molecule has 140 valence electrons. The van der Waals surface area contributed by atoms with Crippen LogP contribution in [0.3, 0.4) is 0 Å². The van der Waals surface area contributed by atoms with Gasteiger partial charge < -0.3 is 14.5 Å². The number of anilines is 1. The molecule has 0 N–H and O–H groups in total. The highest BCUT2D eigenvalue weighted by molar-refractivity contribution is 5.94. The number of likely N-dealkylation sites (tertiary alicyclic amines) is 1. The van der Waals surface area contributed by atoms with Crippen LogP contribution in [0.25, 0.3) is 5.65 Å². The highest BCUT2D eigenvalue weighted by Crippen LogP contribution is 2.21. The van der Waals surface area contributed by atoms with Crippen molar-refractivity contribution in [1.29, 1.82) is 0 Å². The molecule has 1 atom stereocenters. The van der Waals surface area contributed by atoms with Crippen LogP contribution in [0.15, 0.2) is 36.8 Å².